The molecule has 2 fully saturated rings. The van der Waals surface area contributed by atoms with E-state index in [0.717, 1.165) is 31.4 Å². The highest BCUT2D eigenvalue weighted by Gasteiger charge is 2.51. The molecule has 1 aromatic carbocycles. The molecule has 0 aromatic heterocycles. The van der Waals surface area contributed by atoms with Gasteiger partial charge in [-0.05, 0) is 43.0 Å². The lowest BCUT2D eigenvalue weighted by molar-refractivity contribution is -0.142. The van der Waals surface area contributed by atoms with Crippen LogP contribution in [0.3, 0.4) is 0 Å². The Labute approximate surface area is 141 Å². The molecule has 6 nitrogen and oxygen atoms in total. The second kappa shape index (κ2) is 6.52. The van der Waals surface area contributed by atoms with Crippen molar-refractivity contribution in [2.45, 2.75) is 44.6 Å². The van der Waals surface area contributed by atoms with Crippen LogP contribution in [-0.4, -0.2) is 28.9 Å². The molecule has 1 heterocycles. The Hall–Kier alpha value is -2.55. The van der Waals surface area contributed by atoms with E-state index in [0.29, 0.717) is 17.9 Å². The molecule has 1 aromatic rings. The lowest BCUT2D eigenvalue weighted by Gasteiger charge is -2.44. The summed E-state index contributed by atoms with van der Waals surface area (Å²) < 4.78 is 0. The lowest BCUT2D eigenvalue weighted by atomic mass is 9.72. The maximum Gasteiger partial charge on any atom is 0.260 e. The van der Waals surface area contributed by atoms with Gasteiger partial charge in [0.25, 0.3) is 5.91 Å². The molecule has 3 rings (SSSR count). The molecule has 1 spiro atoms. The van der Waals surface area contributed by atoms with Crippen LogP contribution in [-0.2, 0) is 9.59 Å². The summed E-state index contributed by atoms with van der Waals surface area (Å²) in [6.07, 6.45) is 4.52. The minimum Gasteiger partial charge on any atom is -0.376 e. The molecule has 1 aliphatic carbocycles. The zero-order valence-corrected chi connectivity index (χ0v) is 13.8. The summed E-state index contributed by atoms with van der Waals surface area (Å²) in [4.78, 5) is 24.7. The van der Waals surface area contributed by atoms with Crippen molar-refractivity contribution < 1.29 is 9.59 Å². The first-order valence-electron chi connectivity index (χ1n) is 8.42. The number of benzene rings is 1. The number of carbonyl (C=O) groups is 2. The summed E-state index contributed by atoms with van der Waals surface area (Å²) >= 11 is 0. The number of anilines is 1. The fourth-order valence-corrected chi connectivity index (χ4v) is 3.85. The Bertz CT molecular complexity index is 679. The number of hydrogen-bond donors (Lipinski definition) is 2. The van der Waals surface area contributed by atoms with Crippen molar-refractivity contribution in [2.24, 2.45) is 5.92 Å². The fourth-order valence-electron chi connectivity index (χ4n) is 3.85. The van der Waals surface area contributed by atoms with Gasteiger partial charge in [0.2, 0.25) is 5.91 Å². The maximum absolute atomic E-state index is 12.7. The highest BCUT2D eigenvalue weighted by atomic mass is 16.2. The van der Waals surface area contributed by atoms with Crippen molar-refractivity contribution in [1.29, 1.82) is 5.26 Å². The SMILES string of the molecule is C[C@@H]1CCCC[C@@]12CC(=O)NN2C(=O)CNc1ccc(C#N)cc1. The largest absolute Gasteiger partial charge is 0.376 e. The number of nitrogens with zero attached hydrogens (tertiary/aromatic N) is 2. The lowest BCUT2D eigenvalue weighted by Crippen LogP contribution is -2.57. The number of hydrazine groups is 1. The predicted octanol–water partition coefficient (Wildman–Crippen LogP) is 2.18. The Morgan fingerprint density at radius 3 is 2.83 bits per heavy atom. The first-order valence-corrected chi connectivity index (χ1v) is 8.42. The summed E-state index contributed by atoms with van der Waals surface area (Å²) in [5.41, 5.74) is 3.74. The molecule has 2 N–H and O–H groups in total. The molecular weight excluding hydrogens is 304 g/mol. The van der Waals surface area contributed by atoms with Crippen molar-refractivity contribution in [3.8, 4) is 6.07 Å². The molecule has 0 bridgehead atoms. The second-order valence-electron chi connectivity index (χ2n) is 6.73. The smallest absolute Gasteiger partial charge is 0.260 e. The minimum atomic E-state index is -0.376. The van der Waals surface area contributed by atoms with E-state index in [9.17, 15) is 9.59 Å². The van der Waals surface area contributed by atoms with E-state index in [1.54, 1.807) is 29.3 Å². The van der Waals surface area contributed by atoms with E-state index in [4.69, 9.17) is 5.26 Å². The Balaban J connectivity index is 1.68. The quantitative estimate of drug-likeness (QED) is 0.891. The van der Waals surface area contributed by atoms with Crippen LogP contribution in [0.25, 0.3) is 0 Å². The Morgan fingerprint density at radius 1 is 1.42 bits per heavy atom. The molecule has 24 heavy (non-hydrogen) atoms. The first-order chi connectivity index (χ1) is 11.5. The van der Waals surface area contributed by atoms with E-state index >= 15 is 0 Å². The molecule has 1 saturated carbocycles. The Kier molecular flexibility index (Phi) is 4.43. The third kappa shape index (κ3) is 2.94. The number of nitrogens with one attached hydrogen (secondary N) is 2. The van der Waals surface area contributed by atoms with Gasteiger partial charge >= 0.3 is 0 Å². The number of rotatable bonds is 3. The average molecular weight is 326 g/mol. The summed E-state index contributed by atoms with van der Waals surface area (Å²) in [5, 5.41) is 13.5. The van der Waals surface area contributed by atoms with Crippen LogP contribution in [0.4, 0.5) is 5.69 Å². The fraction of sp³-hybridized carbons (Fsp3) is 0.500. The van der Waals surface area contributed by atoms with Gasteiger partial charge in [0, 0.05) is 5.69 Å². The van der Waals surface area contributed by atoms with E-state index in [2.05, 4.69) is 23.7 Å². The van der Waals surface area contributed by atoms with Crippen LogP contribution in [0.15, 0.2) is 24.3 Å². The standard InChI is InChI=1S/C18H22N4O2/c1-13-4-2-3-9-18(13)10-16(23)21-22(18)17(24)12-20-15-7-5-14(11-19)6-8-15/h5-8,13,20H,2-4,9-10,12H2,1H3,(H,21,23)/t13-,18-/m1/s1. The van der Waals surface area contributed by atoms with Crippen molar-refractivity contribution >= 4 is 17.5 Å². The molecule has 126 valence electrons. The second-order valence-corrected chi connectivity index (χ2v) is 6.73. The van der Waals surface area contributed by atoms with Crippen LogP contribution in [0.1, 0.15) is 44.6 Å². The van der Waals surface area contributed by atoms with Crippen LogP contribution in [0, 0.1) is 17.2 Å². The van der Waals surface area contributed by atoms with Crippen LogP contribution in [0.5, 0.6) is 0 Å². The maximum atomic E-state index is 12.7. The molecule has 0 radical (unpaired) electrons. The van der Waals surface area contributed by atoms with E-state index < -0.39 is 0 Å². The van der Waals surface area contributed by atoms with Gasteiger partial charge in [0.1, 0.15) is 0 Å². The summed E-state index contributed by atoms with van der Waals surface area (Å²) in [6.45, 7) is 2.24. The molecule has 1 saturated heterocycles. The number of amides is 2. The third-order valence-electron chi connectivity index (χ3n) is 5.27. The van der Waals surface area contributed by atoms with Crippen LogP contribution in [0.2, 0.25) is 0 Å². The molecule has 2 aliphatic rings. The van der Waals surface area contributed by atoms with E-state index in [-0.39, 0.29) is 23.9 Å². The van der Waals surface area contributed by atoms with Gasteiger partial charge in [-0.25, -0.2) is 5.01 Å². The van der Waals surface area contributed by atoms with Gasteiger partial charge in [0.15, 0.2) is 0 Å². The highest BCUT2D eigenvalue weighted by Crippen LogP contribution is 2.42. The van der Waals surface area contributed by atoms with Crippen LogP contribution < -0.4 is 10.7 Å². The average Bonchev–Trinajstić information content (AvgIpc) is 2.93. The monoisotopic (exact) mass is 326 g/mol. The van der Waals surface area contributed by atoms with Gasteiger partial charge < -0.3 is 5.32 Å². The van der Waals surface area contributed by atoms with Crippen LogP contribution >= 0.6 is 0 Å². The van der Waals surface area contributed by atoms with E-state index in [1.165, 1.54) is 0 Å². The highest BCUT2D eigenvalue weighted by molar-refractivity contribution is 5.89. The molecule has 2 amide bonds. The summed E-state index contributed by atoms with van der Waals surface area (Å²) in [6, 6.07) is 9.01. The number of hydrogen-bond acceptors (Lipinski definition) is 4. The molecule has 0 unspecified atom stereocenters. The summed E-state index contributed by atoms with van der Waals surface area (Å²) in [5.74, 6) is 0.110. The normalized spacial score (nSPS) is 26.1. The van der Waals surface area contributed by atoms with E-state index in [1.807, 2.05) is 0 Å². The molecule has 6 heteroatoms. The predicted molar refractivity (Wildman–Crippen MR) is 89.6 cm³/mol. The zero-order valence-electron chi connectivity index (χ0n) is 13.8. The van der Waals surface area contributed by atoms with Gasteiger partial charge in [-0.15, -0.1) is 0 Å². The third-order valence-corrected chi connectivity index (χ3v) is 5.27. The van der Waals surface area contributed by atoms with Crippen molar-refractivity contribution in [3.05, 3.63) is 29.8 Å². The van der Waals surface area contributed by atoms with Gasteiger partial charge in [-0.3, -0.25) is 15.0 Å². The van der Waals surface area contributed by atoms with Crippen molar-refractivity contribution in [3.63, 3.8) is 0 Å². The molecule has 1 aliphatic heterocycles. The van der Waals surface area contributed by atoms with Gasteiger partial charge in [0.05, 0.1) is 30.1 Å². The van der Waals surface area contributed by atoms with Gasteiger partial charge in [-0.1, -0.05) is 19.8 Å². The number of carbonyl (C=O) groups excluding carboxylic acids is 2. The number of nitriles is 1. The minimum absolute atomic E-state index is 0.0736. The topological polar surface area (TPSA) is 85.2 Å². The van der Waals surface area contributed by atoms with Crippen molar-refractivity contribution in [2.75, 3.05) is 11.9 Å². The van der Waals surface area contributed by atoms with Gasteiger partial charge in [-0.2, -0.15) is 5.26 Å². The zero-order chi connectivity index (χ0) is 17.2. The molecule has 2 atom stereocenters. The summed E-state index contributed by atoms with van der Waals surface area (Å²) in [7, 11) is 0. The first kappa shape index (κ1) is 16.3. The molecular formula is C18H22N4O2. The van der Waals surface area contributed by atoms with Crippen molar-refractivity contribution in [1.82, 2.24) is 10.4 Å². The Morgan fingerprint density at radius 2 is 2.17 bits per heavy atom.